The highest BCUT2D eigenvalue weighted by Gasteiger charge is 2.27. The standard InChI is InChI=1S/C13H27NO/c1-11(2,3)10(14-12(4,5)6)15-13(7,8)9/h1-9H3/b14-10-. The first-order valence-electron chi connectivity index (χ1n) is 5.61. The summed E-state index contributed by atoms with van der Waals surface area (Å²) in [5, 5.41) is 0. The molecule has 0 aromatic rings. The van der Waals surface area contributed by atoms with E-state index in [-0.39, 0.29) is 16.6 Å². The van der Waals surface area contributed by atoms with E-state index < -0.39 is 0 Å². The average molecular weight is 213 g/mol. The quantitative estimate of drug-likeness (QED) is 0.439. The molecule has 0 aliphatic rings. The summed E-state index contributed by atoms with van der Waals surface area (Å²) in [6.45, 7) is 18.8. The van der Waals surface area contributed by atoms with Crippen LogP contribution in [0.4, 0.5) is 0 Å². The smallest absolute Gasteiger partial charge is 0.189 e. The topological polar surface area (TPSA) is 21.6 Å². The van der Waals surface area contributed by atoms with Gasteiger partial charge in [0.25, 0.3) is 0 Å². The Morgan fingerprint density at radius 1 is 0.800 bits per heavy atom. The Bertz CT molecular complexity index is 233. The molecule has 0 saturated carbocycles. The SMILES string of the molecule is CC(C)(C)/N=C(\OC(C)(C)C)C(C)(C)C. The van der Waals surface area contributed by atoms with E-state index in [2.05, 4.69) is 67.3 Å². The van der Waals surface area contributed by atoms with Gasteiger partial charge in [-0.1, -0.05) is 20.8 Å². The Morgan fingerprint density at radius 2 is 1.20 bits per heavy atom. The fraction of sp³-hybridized carbons (Fsp3) is 0.923. The summed E-state index contributed by atoms with van der Waals surface area (Å²) >= 11 is 0. The molecule has 2 nitrogen and oxygen atoms in total. The molecule has 0 aliphatic carbocycles. The van der Waals surface area contributed by atoms with E-state index in [0.29, 0.717) is 0 Å². The maximum atomic E-state index is 5.93. The zero-order chi connectivity index (χ0) is 12.5. The van der Waals surface area contributed by atoms with E-state index in [0.717, 1.165) is 5.90 Å². The molecule has 0 bridgehead atoms. The molecule has 0 N–H and O–H groups in total. The third-order valence-electron chi connectivity index (χ3n) is 1.48. The van der Waals surface area contributed by atoms with Crippen LogP contribution >= 0.6 is 0 Å². The Kier molecular flexibility index (Phi) is 4.00. The summed E-state index contributed by atoms with van der Waals surface area (Å²) < 4.78 is 5.93. The van der Waals surface area contributed by atoms with E-state index in [1.165, 1.54) is 0 Å². The fourth-order valence-corrected chi connectivity index (χ4v) is 0.938. The first kappa shape index (κ1) is 14.5. The van der Waals surface area contributed by atoms with E-state index in [1.54, 1.807) is 0 Å². The third kappa shape index (κ3) is 7.40. The van der Waals surface area contributed by atoms with Crippen LogP contribution in [0.2, 0.25) is 0 Å². The Balaban J connectivity index is 5.02. The molecule has 15 heavy (non-hydrogen) atoms. The number of hydrogen-bond acceptors (Lipinski definition) is 2. The van der Waals surface area contributed by atoms with Crippen LogP contribution in [0.1, 0.15) is 62.3 Å². The van der Waals surface area contributed by atoms with Crippen molar-refractivity contribution in [3.63, 3.8) is 0 Å². The summed E-state index contributed by atoms with van der Waals surface area (Å²) in [6, 6.07) is 0. The summed E-state index contributed by atoms with van der Waals surface area (Å²) in [7, 11) is 0. The Morgan fingerprint density at radius 3 is 1.40 bits per heavy atom. The third-order valence-corrected chi connectivity index (χ3v) is 1.48. The number of hydrogen-bond donors (Lipinski definition) is 0. The first-order chi connectivity index (χ1) is 6.31. The summed E-state index contributed by atoms with van der Waals surface area (Å²) in [5.41, 5.74) is -0.314. The van der Waals surface area contributed by atoms with Crippen LogP contribution in [-0.2, 0) is 4.74 Å². The lowest BCUT2D eigenvalue weighted by atomic mass is 9.95. The van der Waals surface area contributed by atoms with Crippen LogP contribution in [0.3, 0.4) is 0 Å². The van der Waals surface area contributed by atoms with Crippen LogP contribution in [-0.4, -0.2) is 17.0 Å². The number of ether oxygens (including phenoxy) is 1. The van der Waals surface area contributed by atoms with Gasteiger partial charge in [0, 0.05) is 5.41 Å². The molecular weight excluding hydrogens is 186 g/mol. The molecule has 0 heterocycles. The number of aliphatic imine (C=N–C) groups is 1. The second-order valence-electron chi connectivity index (χ2n) is 7.05. The Hall–Kier alpha value is -0.530. The second-order valence-corrected chi connectivity index (χ2v) is 7.05. The van der Waals surface area contributed by atoms with Crippen molar-refractivity contribution in [3.8, 4) is 0 Å². The van der Waals surface area contributed by atoms with Crippen molar-refractivity contribution < 1.29 is 4.74 Å². The van der Waals surface area contributed by atoms with Crippen molar-refractivity contribution in [2.24, 2.45) is 10.4 Å². The molecule has 0 aliphatic heterocycles. The van der Waals surface area contributed by atoms with Crippen molar-refractivity contribution >= 4 is 5.90 Å². The largest absolute Gasteiger partial charge is 0.475 e. The van der Waals surface area contributed by atoms with Gasteiger partial charge < -0.3 is 4.74 Å². The van der Waals surface area contributed by atoms with Crippen molar-refractivity contribution in [2.75, 3.05) is 0 Å². The minimum Gasteiger partial charge on any atom is -0.475 e. The predicted molar refractivity (Wildman–Crippen MR) is 67.5 cm³/mol. The monoisotopic (exact) mass is 213 g/mol. The van der Waals surface area contributed by atoms with Gasteiger partial charge in [-0.3, -0.25) is 0 Å². The molecule has 0 atom stereocenters. The normalized spacial score (nSPS) is 15.4. The molecule has 90 valence electrons. The molecule has 0 fully saturated rings. The predicted octanol–water partition coefficient (Wildman–Crippen LogP) is 4.04. The molecule has 0 radical (unpaired) electrons. The summed E-state index contributed by atoms with van der Waals surface area (Å²) in [4.78, 5) is 4.66. The highest BCUT2D eigenvalue weighted by Crippen LogP contribution is 2.24. The minimum absolute atomic E-state index is 0.0411. The lowest BCUT2D eigenvalue weighted by molar-refractivity contribution is 0.0960. The maximum absolute atomic E-state index is 5.93. The van der Waals surface area contributed by atoms with Crippen molar-refractivity contribution in [1.82, 2.24) is 0 Å². The first-order valence-corrected chi connectivity index (χ1v) is 5.61. The molecule has 0 unspecified atom stereocenters. The molecule has 0 saturated heterocycles. The number of rotatable bonds is 0. The van der Waals surface area contributed by atoms with Gasteiger partial charge in [-0.15, -0.1) is 0 Å². The van der Waals surface area contributed by atoms with Gasteiger partial charge in [-0.25, -0.2) is 4.99 Å². The van der Waals surface area contributed by atoms with E-state index >= 15 is 0 Å². The van der Waals surface area contributed by atoms with E-state index in [4.69, 9.17) is 4.74 Å². The minimum atomic E-state index is -0.183. The molecule has 0 rings (SSSR count). The van der Waals surface area contributed by atoms with Gasteiger partial charge in [0.05, 0.1) is 5.54 Å². The summed E-state index contributed by atoms with van der Waals surface area (Å²) in [5.74, 6) is 0.836. The van der Waals surface area contributed by atoms with Gasteiger partial charge in [0.1, 0.15) is 5.60 Å². The summed E-state index contributed by atoms with van der Waals surface area (Å²) in [6.07, 6.45) is 0. The van der Waals surface area contributed by atoms with Crippen molar-refractivity contribution in [3.05, 3.63) is 0 Å². The van der Waals surface area contributed by atoms with Crippen LogP contribution in [0, 0.1) is 5.41 Å². The van der Waals surface area contributed by atoms with Crippen molar-refractivity contribution in [2.45, 2.75) is 73.5 Å². The van der Waals surface area contributed by atoms with Gasteiger partial charge >= 0.3 is 0 Å². The van der Waals surface area contributed by atoms with Gasteiger partial charge in [0.2, 0.25) is 0 Å². The molecular formula is C13H27NO. The molecule has 2 heteroatoms. The lowest BCUT2D eigenvalue weighted by Crippen LogP contribution is -2.34. The molecule has 0 aromatic carbocycles. The van der Waals surface area contributed by atoms with Crippen LogP contribution in [0.5, 0.6) is 0 Å². The van der Waals surface area contributed by atoms with Crippen LogP contribution in [0.15, 0.2) is 4.99 Å². The van der Waals surface area contributed by atoms with E-state index in [9.17, 15) is 0 Å². The zero-order valence-electron chi connectivity index (χ0n) is 11.9. The molecule has 0 amide bonds. The number of nitrogens with zero attached hydrogens (tertiary/aromatic N) is 1. The van der Waals surface area contributed by atoms with Crippen LogP contribution < -0.4 is 0 Å². The lowest BCUT2D eigenvalue weighted by Gasteiger charge is -2.31. The fourth-order valence-electron chi connectivity index (χ4n) is 0.938. The zero-order valence-corrected chi connectivity index (χ0v) is 11.9. The van der Waals surface area contributed by atoms with E-state index in [1.807, 2.05) is 0 Å². The van der Waals surface area contributed by atoms with Gasteiger partial charge in [-0.05, 0) is 41.5 Å². The van der Waals surface area contributed by atoms with Gasteiger partial charge in [0.15, 0.2) is 5.90 Å². The van der Waals surface area contributed by atoms with Crippen molar-refractivity contribution in [1.29, 1.82) is 0 Å². The second kappa shape index (κ2) is 4.15. The molecule has 0 aromatic heterocycles. The highest BCUT2D eigenvalue weighted by atomic mass is 16.5. The highest BCUT2D eigenvalue weighted by molar-refractivity contribution is 5.82. The maximum Gasteiger partial charge on any atom is 0.189 e. The molecule has 0 spiro atoms. The average Bonchev–Trinajstić information content (AvgIpc) is 1.75. The Labute approximate surface area is 95.1 Å². The van der Waals surface area contributed by atoms with Gasteiger partial charge in [-0.2, -0.15) is 0 Å². The van der Waals surface area contributed by atoms with Crippen LogP contribution in [0.25, 0.3) is 0 Å².